The summed E-state index contributed by atoms with van der Waals surface area (Å²) < 4.78 is 14.9. The van der Waals surface area contributed by atoms with Crippen molar-refractivity contribution in [2.75, 3.05) is 19.5 Å². The third-order valence-corrected chi connectivity index (χ3v) is 3.56. The van der Waals surface area contributed by atoms with Gasteiger partial charge in [-0.1, -0.05) is 12.1 Å². The molecule has 2 aromatic rings. The standard InChI is InChI=1S/C19H19NO6/c1-12(17(21)20-13-8-10-14(24-2)11-9-13)26-19(23)16-7-5-4-6-15(16)18(22)25-3/h4-12H,1-3H3,(H,20,21). The molecule has 1 unspecified atom stereocenters. The van der Waals surface area contributed by atoms with Crippen LogP contribution < -0.4 is 10.1 Å². The Hall–Kier alpha value is -3.35. The van der Waals surface area contributed by atoms with Gasteiger partial charge in [-0.15, -0.1) is 0 Å². The minimum absolute atomic E-state index is 0.0310. The van der Waals surface area contributed by atoms with E-state index in [0.717, 1.165) is 0 Å². The molecule has 7 nitrogen and oxygen atoms in total. The van der Waals surface area contributed by atoms with E-state index < -0.39 is 23.9 Å². The van der Waals surface area contributed by atoms with Crippen molar-refractivity contribution < 1.29 is 28.6 Å². The van der Waals surface area contributed by atoms with Gasteiger partial charge < -0.3 is 19.5 Å². The van der Waals surface area contributed by atoms with E-state index in [4.69, 9.17) is 9.47 Å². The number of rotatable bonds is 6. The van der Waals surface area contributed by atoms with Crippen LogP contribution in [-0.4, -0.2) is 38.2 Å². The Balaban J connectivity index is 2.04. The van der Waals surface area contributed by atoms with Gasteiger partial charge in [-0.25, -0.2) is 9.59 Å². The van der Waals surface area contributed by atoms with Crippen LogP contribution in [0.15, 0.2) is 48.5 Å². The molecule has 7 heteroatoms. The molecular formula is C19H19NO6. The van der Waals surface area contributed by atoms with Crippen LogP contribution in [0.2, 0.25) is 0 Å². The number of benzene rings is 2. The summed E-state index contributed by atoms with van der Waals surface area (Å²) in [5, 5.41) is 2.64. The van der Waals surface area contributed by atoms with Crippen molar-refractivity contribution in [3.63, 3.8) is 0 Å². The first-order valence-corrected chi connectivity index (χ1v) is 7.79. The molecule has 0 spiro atoms. The van der Waals surface area contributed by atoms with Gasteiger partial charge in [-0.05, 0) is 43.3 Å². The lowest BCUT2D eigenvalue weighted by Crippen LogP contribution is -2.30. The zero-order valence-corrected chi connectivity index (χ0v) is 14.6. The summed E-state index contributed by atoms with van der Waals surface area (Å²) >= 11 is 0. The summed E-state index contributed by atoms with van der Waals surface area (Å²) in [5.41, 5.74) is 0.639. The third-order valence-electron chi connectivity index (χ3n) is 3.56. The molecule has 0 aliphatic heterocycles. The van der Waals surface area contributed by atoms with E-state index in [-0.39, 0.29) is 11.1 Å². The summed E-state index contributed by atoms with van der Waals surface area (Å²) in [6, 6.07) is 12.8. The predicted molar refractivity (Wildman–Crippen MR) is 94.3 cm³/mol. The average Bonchev–Trinajstić information content (AvgIpc) is 2.67. The van der Waals surface area contributed by atoms with Gasteiger partial charge in [0, 0.05) is 5.69 Å². The highest BCUT2D eigenvalue weighted by Gasteiger charge is 2.23. The first kappa shape index (κ1) is 19.0. The highest BCUT2D eigenvalue weighted by atomic mass is 16.5. The van der Waals surface area contributed by atoms with Gasteiger partial charge in [-0.3, -0.25) is 4.79 Å². The number of carbonyl (C=O) groups excluding carboxylic acids is 3. The van der Waals surface area contributed by atoms with Crippen LogP contribution in [0.3, 0.4) is 0 Å². The van der Waals surface area contributed by atoms with Crippen LogP contribution >= 0.6 is 0 Å². The van der Waals surface area contributed by atoms with Crippen LogP contribution in [0.1, 0.15) is 27.6 Å². The molecule has 0 heterocycles. The van der Waals surface area contributed by atoms with Crippen LogP contribution in [0.25, 0.3) is 0 Å². The highest BCUT2D eigenvalue weighted by Crippen LogP contribution is 2.16. The highest BCUT2D eigenvalue weighted by molar-refractivity contribution is 6.04. The van der Waals surface area contributed by atoms with E-state index in [1.807, 2.05) is 0 Å². The average molecular weight is 357 g/mol. The lowest BCUT2D eigenvalue weighted by molar-refractivity contribution is -0.123. The first-order chi connectivity index (χ1) is 12.5. The topological polar surface area (TPSA) is 90.9 Å². The van der Waals surface area contributed by atoms with Gasteiger partial charge in [0.25, 0.3) is 5.91 Å². The van der Waals surface area contributed by atoms with Crippen molar-refractivity contribution in [3.05, 3.63) is 59.7 Å². The van der Waals surface area contributed by atoms with E-state index in [2.05, 4.69) is 10.1 Å². The summed E-state index contributed by atoms with van der Waals surface area (Å²) in [7, 11) is 2.76. The Bertz CT molecular complexity index is 800. The molecule has 0 aromatic heterocycles. The third kappa shape index (κ3) is 4.60. The fourth-order valence-corrected chi connectivity index (χ4v) is 2.14. The second-order valence-electron chi connectivity index (χ2n) is 5.30. The maximum absolute atomic E-state index is 12.3. The van der Waals surface area contributed by atoms with E-state index >= 15 is 0 Å². The minimum atomic E-state index is -1.06. The number of carbonyl (C=O) groups is 3. The molecule has 136 valence electrons. The number of methoxy groups -OCH3 is 2. The van der Waals surface area contributed by atoms with Crippen LogP contribution in [0, 0.1) is 0 Å². The molecule has 1 amide bonds. The summed E-state index contributed by atoms with van der Waals surface area (Å²) in [5.74, 6) is -1.29. The van der Waals surface area contributed by atoms with E-state index in [0.29, 0.717) is 11.4 Å². The van der Waals surface area contributed by atoms with Crippen molar-refractivity contribution in [2.45, 2.75) is 13.0 Å². The molecule has 2 rings (SSSR count). The molecule has 0 saturated heterocycles. The fourth-order valence-electron chi connectivity index (χ4n) is 2.14. The predicted octanol–water partition coefficient (Wildman–Crippen LogP) is 2.67. The number of nitrogens with one attached hydrogen (secondary N) is 1. The molecule has 0 aliphatic rings. The Morgan fingerprint density at radius 2 is 1.46 bits per heavy atom. The van der Waals surface area contributed by atoms with Gasteiger partial charge >= 0.3 is 11.9 Å². The number of ether oxygens (including phenoxy) is 3. The van der Waals surface area contributed by atoms with E-state index in [1.54, 1.807) is 43.5 Å². The number of anilines is 1. The van der Waals surface area contributed by atoms with E-state index in [9.17, 15) is 14.4 Å². The van der Waals surface area contributed by atoms with Crippen molar-refractivity contribution >= 4 is 23.5 Å². The van der Waals surface area contributed by atoms with Gasteiger partial charge in [0.2, 0.25) is 0 Å². The van der Waals surface area contributed by atoms with Gasteiger partial charge in [0.15, 0.2) is 6.10 Å². The first-order valence-electron chi connectivity index (χ1n) is 7.79. The lowest BCUT2D eigenvalue weighted by Gasteiger charge is -2.15. The number of hydrogen-bond acceptors (Lipinski definition) is 6. The molecule has 2 aromatic carbocycles. The molecular weight excluding hydrogens is 338 g/mol. The molecule has 26 heavy (non-hydrogen) atoms. The van der Waals surface area contributed by atoms with Crippen LogP contribution in [-0.2, 0) is 14.3 Å². The molecule has 1 atom stereocenters. The van der Waals surface area contributed by atoms with Crippen LogP contribution in [0.5, 0.6) is 5.75 Å². The van der Waals surface area contributed by atoms with Crippen molar-refractivity contribution in [1.29, 1.82) is 0 Å². The molecule has 0 saturated carbocycles. The Morgan fingerprint density at radius 1 is 0.885 bits per heavy atom. The maximum atomic E-state index is 12.3. The Morgan fingerprint density at radius 3 is 2.00 bits per heavy atom. The lowest BCUT2D eigenvalue weighted by atomic mass is 10.1. The second-order valence-corrected chi connectivity index (χ2v) is 5.30. The Kier molecular flexibility index (Phi) is 6.32. The fraction of sp³-hybridized carbons (Fsp3) is 0.211. The van der Waals surface area contributed by atoms with Gasteiger partial charge in [-0.2, -0.15) is 0 Å². The summed E-state index contributed by atoms with van der Waals surface area (Å²) in [4.78, 5) is 36.2. The molecule has 0 fully saturated rings. The molecule has 1 N–H and O–H groups in total. The summed E-state index contributed by atoms with van der Waals surface area (Å²) in [6.45, 7) is 1.44. The SMILES string of the molecule is COC(=O)c1ccccc1C(=O)OC(C)C(=O)Nc1ccc(OC)cc1. The zero-order valence-electron chi connectivity index (χ0n) is 14.6. The van der Waals surface area contributed by atoms with Gasteiger partial charge in [0.1, 0.15) is 5.75 Å². The van der Waals surface area contributed by atoms with Crippen LogP contribution in [0.4, 0.5) is 5.69 Å². The molecule has 0 bridgehead atoms. The Labute approximate surface area is 150 Å². The molecule has 0 aliphatic carbocycles. The monoisotopic (exact) mass is 357 g/mol. The molecule has 0 radical (unpaired) electrons. The van der Waals surface area contributed by atoms with Crippen molar-refractivity contribution in [2.24, 2.45) is 0 Å². The normalized spacial score (nSPS) is 11.2. The number of amides is 1. The zero-order chi connectivity index (χ0) is 19.1. The van der Waals surface area contributed by atoms with E-state index in [1.165, 1.54) is 26.2 Å². The van der Waals surface area contributed by atoms with Crippen molar-refractivity contribution in [1.82, 2.24) is 0 Å². The number of esters is 2. The maximum Gasteiger partial charge on any atom is 0.339 e. The second kappa shape index (κ2) is 8.66. The largest absolute Gasteiger partial charge is 0.497 e. The quantitative estimate of drug-likeness (QED) is 0.799. The van der Waals surface area contributed by atoms with Gasteiger partial charge in [0.05, 0.1) is 25.3 Å². The smallest absolute Gasteiger partial charge is 0.339 e. The number of hydrogen-bond donors (Lipinski definition) is 1. The minimum Gasteiger partial charge on any atom is -0.497 e. The summed E-state index contributed by atoms with van der Waals surface area (Å²) in [6.07, 6.45) is -1.06. The van der Waals surface area contributed by atoms with Crippen molar-refractivity contribution in [3.8, 4) is 5.75 Å².